The van der Waals surface area contributed by atoms with Gasteiger partial charge in [0.05, 0.1) is 12.2 Å². The third-order valence-corrected chi connectivity index (χ3v) is 2.79. The van der Waals surface area contributed by atoms with Crippen molar-refractivity contribution in [2.45, 2.75) is 45.2 Å². The summed E-state index contributed by atoms with van der Waals surface area (Å²) in [7, 11) is 0. The second kappa shape index (κ2) is 7.58. The Morgan fingerprint density at radius 3 is 2.47 bits per heavy atom. The van der Waals surface area contributed by atoms with Crippen LogP contribution >= 0.6 is 11.6 Å². The Bertz CT molecular complexity index is 396. The molecule has 1 aromatic heterocycles. The van der Waals surface area contributed by atoms with Crippen LogP contribution in [-0.2, 0) is 6.18 Å². The Balaban J connectivity index is 2.48. The van der Waals surface area contributed by atoms with Crippen LogP contribution in [-0.4, -0.2) is 11.6 Å². The minimum absolute atomic E-state index is 0.0738. The van der Waals surface area contributed by atoms with Crippen molar-refractivity contribution in [3.05, 3.63) is 22.8 Å². The first-order valence-electron chi connectivity index (χ1n) is 6.31. The Hall–Kier alpha value is -0.970. The van der Waals surface area contributed by atoms with Crippen LogP contribution in [0.4, 0.5) is 13.2 Å². The fourth-order valence-corrected chi connectivity index (χ4v) is 1.79. The first-order chi connectivity index (χ1) is 8.93. The third-order valence-electron chi connectivity index (χ3n) is 2.60. The number of hydrogen-bond donors (Lipinski definition) is 0. The molecule has 0 aliphatic carbocycles. The van der Waals surface area contributed by atoms with Crippen molar-refractivity contribution in [1.29, 1.82) is 0 Å². The minimum Gasteiger partial charge on any atom is -0.478 e. The molecular weight excluding hydrogens is 279 g/mol. The van der Waals surface area contributed by atoms with Gasteiger partial charge < -0.3 is 4.74 Å². The Morgan fingerprint density at radius 1 is 1.16 bits per heavy atom. The highest BCUT2D eigenvalue weighted by Crippen LogP contribution is 2.32. The van der Waals surface area contributed by atoms with Crippen molar-refractivity contribution in [2.24, 2.45) is 0 Å². The van der Waals surface area contributed by atoms with E-state index in [-0.39, 0.29) is 11.0 Å². The molecule has 0 aliphatic rings. The molecule has 0 fully saturated rings. The van der Waals surface area contributed by atoms with E-state index in [0.717, 1.165) is 44.2 Å². The topological polar surface area (TPSA) is 22.1 Å². The van der Waals surface area contributed by atoms with Crippen LogP contribution < -0.4 is 4.74 Å². The van der Waals surface area contributed by atoms with Crippen LogP contribution in [0.15, 0.2) is 12.1 Å². The SMILES string of the molecule is CCCCCCCOc1cc(C(F)(F)F)cc(Cl)n1. The molecule has 0 amide bonds. The minimum atomic E-state index is -4.44. The number of hydrogen-bond acceptors (Lipinski definition) is 2. The maximum atomic E-state index is 12.5. The quantitative estimate of drug-likeness (QED) is 0.515. The zero-order chi connectivity index (χ0) is 14.3. The summed E-state index contributed by atoms with van der Waals surface area (Å²) in [4.78, 5) is 3.72. The summed E-state index contributed by atoms with van der Waals surface area (Å²) in [6, 6.07) is 1.66. The summed E-state index contributed by atoms with van der Waals surface area (Å²) in [5, 5.41) is -0.212. The fourth-order valence-electron chi connectivity index (χ4n) is 1.59. The van der Waals surface area contributed by atoms with Gasteiger partial charge in [-0.15, -0.1) is 0 Å². The standard InChI is InChI=1S/C13H17ClF3NO/c1-2-3-4-5-6-7-19-12-9-10(13(15,16)17)8-11(14)18-12/h8-9H,2-7H2,1H3. The van der Waals surface area contributed by atoms with Crippen molar-refractivity contribution in [3.63, 3.8) is 0 Å². The van der Waals surface area contributed by atoms with Crippen LogP contribution in [0.3, 0.4) is 0 Å². The van der Waals surface area contributed by atoms with E-state index in [1.165, 1.54) is 0 Å². The van der Waals surface area contributed by atoms with Crippen molar-refractivity contribution in [1.82, 2.24) is 4.98 Å². The van der Waals surface area contributed by atoms with Gasteiger partial charge in [0.2, 0.25) is 5.88 Å². The predicted molar refractivity (Wildman–Crippen MR) is 68.5 cm³/mol. The highest BCUT2D eigenvalue weighted by atomic mass is 35.5. The normalized spacial score (nSPS) is 11.6. The van der Waals surface area contributed by atoms with Gasteiger partial charge in [0.15, 0.2) is 0 Å². The van der Waals surface area contributed by atoms with Crippen molar-refractivity contribution in [2.75, 3.05) is 6.61 Å². The molecule has 0 N–H and O–H groups in total. The molecule has 6 heteroatoms. The molecule has 1 heterocycles. The lowest BCUT2D eigenvalue weighted by Gasteiger charge is -2.10. The molecule has 0 radical (unpaired) electrons. The molecule has 0 bridgehead atoms. The van der Waals surface area contributed by atoms with Gasteiger partial charge in [-0.3, -0.25) is 0 Å². The van der Waals surface area contributed by atoms with Gasteiger partial charge in [0.25, 0.3) is 0 Å². The average molecular weight is 296 g/mol. The summed E-state index contributed by atoms with van der Waals surface area (Å²) in [6.07, 6.45) is 0.776. The molecule has 0 saturated heterocycles. The Morgan fingerprint density at radius 2 is 1.84 bits per heavy atom. The summed E-state index contributed by atoms with van der Waals surface area (Å²) < 4.78 is 42.8. The molecule has 0 unspecified atom stereocenters. The molecule has 108 valence electrons. The van der Waals surface area contributed by atoms with E-state index >= 15 is 0 Å². The largest absolute Gasteiger partial charge is 0.478 e. The number of nitrogens with zero attached hydrogens (tertiary/aromatic N) is 1. The van der Waals surface area contributed by atoms with Crippen LogP contribution in [0.2, 0.25) is 5.15 Å². The second-order valence-electron chi connectivity index (χ2n) is 4.28. The first kappa shape index (κ1) is 16.1. The summed E-state index contributed by atoms with van der Waals surface area (Å²) >= 11 is 5.55. The van der Waals surface area contributed by atoms with Crippen molar-refractivity contribution < 1.29 is 17.9 Å². The van der Waals surface area contributed by atoms with Gasteiger partial charge in [0.1, 0.15) is 5.15 Å². The van der Waals surface area contributed by atoms with E-state index in [2.05, 4.69) is 11.9 Å². The van der Waals surface area contributed by atoms with E-state index in [4.69, 9.17) is 16.3 Å². The fraction of sp³-hybridized carbons (Fsp3) is 0.615. The molecule has 19 heavy (non-hydrogen) atoms. The lowest BCUT2D eigenvalue weighted by molar-refractivity contribution is -0.137. The van der Waals surface area contributed by atoms with E-state index in [1.807, 2.05) is 0 Å². The van der Waals surface area contributed by atoms with Crippen LogP contribution in [0.1, 0.15) is 44.6 Å². The summed E-state index contributed by atoms with van der Waals surface area (Å²) in [6.45, 7) is 2.47. The van der Waals surface area contributed by atoms with Gasteiger partial charge >= 0.3 is 6.18 Å². The second-order valence-corrected chi connectivity index (χ2v) is 4.66. The summed E-state index contributed by atoms with van der Waals surface area (Å²) in [5.74, 6) is -0.0738. The van der Waals surface area contributed by atoms with E-state index < -0.39 is 11.7 Å². The highest BCUT2D eigenvalue weighted by molar-refractivity contribution is 6.29. The lowest BCUT2D eigenvalue weighted by Crippen LogP contribution is -2.07. The lowest BCUT2D eigenvalue weighted by atomic mass is 10.2. The van der Waals surface area contributed by atoms with Gasteiger partial charge in [-0.2, -0.15) is 13.2 Å². The van der Waals surface area contributed by atoms with E-state index in [0.29, 0.717) is 6.61 Å². The third kappa shape index (κ3) is 6.14. The molecule has 1 aromatic rings. The number of ether oxygens (including phenoxy) is 1. The van der Waals surface area contributed by atoms with Crippen LogP contribution in [0.25, 0.3) is 0 Å². The van der Waals surface area contributed by atoms with Crippen molar-refractivity contribution >= 4 is 11.6 Å². The van der Waals surface area contributed by atoms with E-state index in [1.54, 1.807) is 0 Å². The number of unbranched alkanes of at least 4 members (excludes halogenated alkanes) is 4. The molecule has 0 spiro atoms. The van der Waals surface area contributed by atoms with Crippen LogP contribution in [0, 0.1) is 0 Å². The van der Waals surface area contributed by atoms with Crippen molar-refractivity contribution in [3.8, 4) is 5.88 Å². The molecule has 0 aromatic carbocycles. The highest BCUT2D eigenvalue weighted by Gasteiger charge is 2.31. The maximum absolute atomic E-state index is 12.5. The summed E-state index contributed by atoms with van der Waals surface area (Å²) in [5.41, 5.74) is -0.839. The molecule has 2 nitrogen and oxygen atoms in total. The molecular formula is C13H17ClF3NO. The number of rotatable bonds is 7. The number of halogens is 4. The van der Waals surface area contributed by atoms with Gasteiger partial charge in [-0.25, -0.2) is 4.98 Å². The first-order valence-corrected chi connectivity index (χ1v) is 6.69. The molecule has 0 saturated carbocycles. The number of aromatic nitrogens is 1. The molecule has 0 aliphatic heterocycles. The van der Waals surface area contributed by atoms with E-state index in [9.17, 15) is 13.2 Å². The zero-order valence-electron chi connectivity index (χ0n) is 10.8. The monoisotopic (exact) mass is 295 g/mol. The van der Waals surface area contributed by atoms with Gasteiger partial charge in [-0.05, 0) is 12.5 Å². The molecule has 0 atom stereocenters. The number of pyridine rings is 1. The maximum Gasteiger partial charge on any atom is 0.416 e. The predicted octanol–water partition coefficient (Wildman–Crippen LogP) is 5.10. The van der Waals surface area contributed by atoms with Gasteiger partial charge in [-0.1, -0.05) is 44.2 Å². The van der Waals surface area contributed by atoms with Crippen LogP contribution in [0.5, 0.6) is 5.88 Å². The number of alkyl halides is 3. The Labute approximate surface area is 115 Å². The smallest absolute Gasteiger partial charge is 0.416 e. The Kier molecular flexibility index (Phi) is 6.42. The zero-order valence-corrected chi connectivity index (χ0v) is 11.5. The molecule has 1 rings (SSSR count). The van der Waals surface area contributed by atoms with Gasteiger partial charge in [0, 0.05) is 6.07 Å². The average Bonchev–Trinajstić information content (AvgIpc) is 2.32.